The van der Waals surface area contributed by atoms with Gasteiger partial charge in [0.05, 0.1) is 23.8 Å². The molecule has 0 saturated carbocycles. The average molecular weight is 462 g/mol. The first-order chi connectivity index (χ1) is 14.5. The highest BCUT2D eigenvalue weighted by Crippen LogP contribution is 2.19. The van der Waals surface area contributed by atoms with Gasteiger partial charge in [0.2, 0.25) is 0 Å². The molecule has 0 unspecified atom stereocenters. The molecule has 1 aromatic heterocycles. The number of carbonyl (C=O) groups excluding carboxylic acids is 1. The lowest BCUT2D eigenvalue weighted by atomic mass is 10.1. The second-order valence-electron chi connectivity index (χ2n) is 7.25. The number of carbonyl (C=O) groups is 1. The second-order valence-corrected chi connectivity index (χ2v) is 8.16. The van der Waals surface area contributed by atoms with Gasteiger partial charge in [-0.2, -0.15) is 0 Å². The van der Waals surface area contributed by atoms with E-state index in [0.717, 1.165) is 15.6 Å². The van der Waals surface area contributed by atoms with Gasteiger partial charge in [-0.05, 0) is 42.8 Å². The number of nitrogens with zero attached hydrogens (tertiary/aromatic N) is 1. The number of halogens is 1. The van der Waals surface area contributed by atoms with Crippen LogP contribution in [0.4, 0.5) is 0 Å². The molecule has 0 N–H and O–H groups in total. The first kappa shape index (κ1) is 20.1. The van der Waals surface area contributed by atoms with Crippen LogP contribution in [0.15, 0.2) is 92.7 Å². The zero-order valence-electron chi connectivity index (χ0n) is 16.5. The Kier molecular flexibility index (Phi) is 5.81. The van der Waals surface area contributed by atoms with Gasteiger partial charge in [0.15, 0.2) is 5.43 Å². The van der Waals surface area contributed by atoms with Crippen LogP contribution >= 0.6 is 15.9 Å². The summed E-state index contributed by atoms with van der Waals surface area (Å²) in [6.07, 6.45) is 1.46. The molecule has 0 aliphatic carbocycles. The van der Waals surface area contributed by atoms with Crippen LogP contribution in [0.2, 0.25) is 0 Å². The third-order valence-corrected chi connectivity index (χ3v) is 5.43. The number of fused-ring (bicyclic) bond motifs is 1. The predicted octanol–water partition coefficient (Wildman–Crippen LogP) is 5.71. The Morgan fingerprint density at radius 2 is 1.77 bits per heavy atom. The normalized spacial score (nSPS) is 10.9. The lowest BCUT2D eigenvalue weighted by Crippen LogP contribution is -2.32. The topological polar surface area (TPSA) is 50.5 Å². The summed E-state index contributed by atoms with van der Waals surface area (Å²) in [5.41, 5.74) is 3.41. The van der Waals surface area contributed by atoms with Crippen LogP contribution in [0.5, 0.6) is 0 Å². The molecular weight excluding hydrogens is 442 g/mol. The van der Waals surface area contributed by atoms with Gasteiger partial charge in [-0.15, -0.1) is 0 Å². The summed E-state index contributed by atoms with van der Waals surface area (Å²) < 4.78 is 6.52. The SMILES string of the molecule is Cc1ccc2occ(CN(Cc3ccccc3)C(=O)c3cccc(Br)c3)c(=O)c2c1. The van der Waals surface area contributed by atoms with Crippen LogP contribution in [-0.4, -0.2) is 10.8 Å². The largest absolute Gasteiger partial charge is 0.464 e. The Morgan fingerprint density at radius 3 is 2.53 bits per heavy atom. The van der Waals surface area contributed by atoms with Crippen LogP contribution in [0.25, 0.3) is 11.0 Å². The van der Waals surface area contributed by atoms with E-state index >= 15 is 0 Å². The molecule has 3 aromatic carbocycles. The van der Waals surface area contributed by atoms with Crippen molar-refractivity contribution in [3.05, 3.63) is 116 Å². The fourth-order valence-electron chi connectivity index (χ4n) is 3.41. The van der Waals surface area contributed by atoms with E-state index in [2.05, 4.69) is 15.9 Å². The molecule has 0 saturated heterocycles. The van der Waals surface area contributed by atoms with Gasteiger partial charge < -0.3 is 9.32 Å². The minimum absolute atomic E-state index is 0.111. The highest BCUT2D eigenvalue weighted by atomic mass is 79.9. The fraction of sp³-hybridized carbons (Fsp3) is 0.120. The highest BCUT2D eigenvalue weighted by molar-refractivity contribution is 9.10. The minimum atomic E-state index is -0.149. The van der Waals surface area contributed by atoms with Gasteiger partial charge in [-0.3, -0.25) is 9.59 Å². The van der Waals surface area contributed by atoms with Crippen molar-refractivity contribution in [2.75, 3.05) is 0 Å². The van der Waals surface area contributed by atoms with Gasteiger partial charge in [0.1, 0.15) is 5.58 Å². The third kappa shape index (κ3) is 4.36. The average Bonchev–Trinajstić information content (AvgIpc) is 2.75. The maximum Gasteiger partial charge on any atom is 0.254 e. The van der Waals surface area contributed by atoms with E-state index in [1.54, 1.807) is 23.1 Å². The molecule has 0 fully saturated rings. The van der Waals surface area contributed by atoms with Gasteiger partial charge in [-0.25, -0.2) is 0 Å². The molecule has 0 aliphatic rings. The lowest BCUT2D eigenvalue weighted by Gasteiger charge is -2.23. The maximum atomic E-state index is 13.3. The zero-order chi connectivity index (χ0) is 21.1. The van der Waals surface area contributed by atoms with Gasteiger partial charge in [0.25, 0.3) is 5.91 Å². The molecule has 1 heterocycles. The summed E-state index contributed by atoms with van der Waals surface area (Å²) in [5, 5.41) is 0.530. The molecule has 0 spiro atoms. The Morgan fingerprint density at radius 1 is 0.967 bits per heavy atom. The summed E-state index contributed by atoms with van der Waals surface area (Å²) in [6.45, 7) is 2.48. The van der Waals surface area contributed by atoms with Crippen LogP contribution in [0, 0.1) is 6.92 Å². The Hall–Kier alpha value is -3.18. The van der Waals surface area contributed by atoms with Gasteiger partial charge >= 0.3 is 0 Å². The van der Waals surface area contributed by atoms with Crippen molar-refractivity contribution in [1.82, 2.24) is 4.90 Å². The number of amides is 1. The Balaban J connectivity index is 1.72. The van der Waals surface area contributed by atoms with E-state index in [-0.39, 0.29) is 17.9 Å². The van der Waals surface area contributed by atoms with Gasteiger partial charge in [-0.1, -0.05) is 64.0 Å². The molecule has 30 heavy (non-hydrogen) atoms. The third-order valence-electron chi connectivity index (χ3n) is 4.94. The fourth-order valence-corrected chi connectivity index (χ4v) is 3.81. The molecule has 5 heteroatoms. The van der Waals surface area contributed by atoms with E-state index in [9.17, 15) is 9.59 Å². The molecule has 1 amide bonds. The highest BCUT2D eigenvalue weighted by Gasteiger charge is 2.19. The van der Waals surface area contributed by atoms with E-state index in [0.29, 0.717) is 28.6 Å². The smallest absolute Gasteiger partial charge is 0.254 e. The number of hydrogen-bond acceptors (Lipinski definition) is 3. The van der Waals surface area contributed by atoms with E-state index in [1.807, 2.05) is 61.5 Å². The molecule has 4 rings (SSSR count). The van der Waals surface area contributed by atoms with Crippen molar-refractivity contribution in [2.45, 2.75) is 20.0 Å². The van der Waals surface area contributed by atoms with Crippen LogP contribution in [0.3, 0.4) is 0 Å². The second kappa shape index (κ2) is 8.67. The number of rotatable bonds is 5. The molecule has 0 aliphatic heterocycles. The van der Waals surface area contributed by atoms with Crippen molar-refractivity contribution >= 4 is 32.8 Å². The summed E-state index contributed by atoms with van der Waals surface area (Å²) >= 11 is 3.42. The predicted molar refractivity (Wildman–Crippen MR) is 121 cm³/mol. The number of benzene rings is 3. The van der Waals surface area contributed by atoms with Crippen molar-refractivity contribution in [3.63, 3.8) is 0 Å². The molecule has 150 valence electrons. The van der Waals surface area contributed by atoms with E-state index < -0.39 is 0 Å². The summed E-state index contributed by atoms with van der Waals surface area (Å²) in [4.78, 5) is 28.1. The first-order valence-corrected chi connectivity index (χ1v) is 10.4. The molecule has 4 aromatic rings. The minimum Gasteiger partial charge on any atom is -0.464 e. The maximum absolute atomic E-state index is 13.3. The monoisotopic (exact) mass is 461 g/mol. The van der Waals surface area contributed by atoms with Crippen LogP contribution < -0.4 is 5.43 Å². The molecule has 0 radical (unpaired) electrons. The van der Waals surface area contributed by atoms with Crippen molar-refractivity contribution in [1.29, 1.82) is 0 Å². The quantitative estimate of drug-likeness (QED) is 0.382. The molecule has 4 nitrogen and oxygen atoms in total. The molecular formula is C25H20BrNO3. The zero-order valence-corrected chi connectivity index (χ0v) is 18.1. The standard InChI is InChI=1S/C25H20BrNO3/c1-17-10-11-23-22(12-17)24(28)20(16-30-23)15-27(14-18-6-3-2-4-7-18)25(29)19-8-5-9-21(26)13-19/h2-13,16H,14-15H2,1H3. The summed E-state index contributed by atoms with van der Waals surface area (Å²) in [6, 6.07) is 22.5. The van der Waals surface area contributed by atoms with Crippen LogP contribution in [0.1, 0.15) is 27.0 Å². The van der Waals surface area contributed by atoms with E-state index in [4.69, 9.17) is 4.42 Å². The molecule has 0 atom stereocenters. The van der Waals surface area contributed by atoms with Crippen molar-refractivity contribution in [3.8, 4) is 0 Å². The number of aryl methyl sites for hydroxylation is 1. The summed E-state index contributed by atoms with van der Waals surface area (Å²) in [7, 11) is 0. The van der Waals surface area contributed by atoms with E-state index in [1.165, 1.54) is 6.26 Å². The summed E-state index contributed by atoms with van der Waals surface area (Å²) in [5.74, 6) is -0.149. The lowest BCUT2D eigenvalue weighted by molar-refractivity contribution is 0.0729. The molecule has 0 bridgehead atoms. The Labute approximate surface area is 182 Å². The van der Waals surface area contributed by atoms with Crippen molar-refractivity contribution in [2.24, 2.45) is 0 Å². The van der Waals surface area contributed by atoms with Gasteiger partial charge in [0, 0.05) is 16.6 Å². The first-order valence-electron chi connectivity index (χ1n) is 9.61. The number of hydrogen-bond donors (Lipinski definition) is 0. The Bertz CT molecular complexity index is 1260. The van der Waals surface area contributed by atoms with Crippen molar-refractivity contribution < 1.29 is 9.21 Å². The van der Waals surface area contributed by atoms with Crippen LogP contribution in [-0.2, 0) is 13.1 Å².